The van der Waals surface area contributed by atoms with Crippen LogP contribution in [0.2, 0.25) is 0 Å². The van der Waals surface area contributed by atoms with Crippen LogP contribution in [0.5, 0.6) is 0 Å². The van der Waals surface area contributed by atoms with E-state index in [4.69, 9.17) is 17.2 Å². The molecule has 1 N–H and O–H groups in total. The highest BCUT2D eigenvalue weighted by Crippen LogP contribution is 2.27. The predicted molar refractivity (Wildman–Crippen MR) is 95.7 cm³/mol. The SMILES string of the molecule is N#Cc1c(-c2ccccc2)nc(-c2ccccc2)n(CCO)c1=S. The summed E-state index contributed by atoms with van der Waals surface area (Å²) < 4.78 is 2.11. The molecule has 0 atom stereocenters. The Labute approximate surface area is 145 Å². The van der Waals surface area contributed by atoms with Gasteiger partial charge in [0.25, 0.3) is 0 Å². The third-order valence-corrected chi connectivity index (χ3v) is 4.11. The van der Waals surface area contributed by atoms with Crippen LogP contribution in [0.4, 0.5) is 0 Å². The summed E-state index contributed by atoms with van der Waals surface area (Å²) in [5, 5.41) is 19.0. The third kappa shape index (κ3) is 2.98. The van der Waals surface area contributed by atoms with Gasteiger partial charge >= 0.3 is 0 Å². The van der Waals surface area contributed by atoms with E-state index in [1.54, 1.807) is 4.57 Å². The molecule has 0 bridgehead atoms. The van der Waals surface area contributed by atoms with Crippen molar-refractivity contribution in [2.45, 2.75) is 6.54 Å². The number of benzene rings is 2. The number of hydrogen-bond acceptors (Lipinski definition) is 4. The molecule has 24 heavy (non-hydrogen) atoms. The lowest BCUT2D eigenvalue weighted by molar-refractivity contribution is 0.275. The molecule has 0 aliphatic carbocycles. The van der Waals surface area contributed by atoms with Gasteiger partial charge in [0, 0.05) is 17.7 Å². The van der Waals surface area contributed by atoms with Crippen molar-refractivity contribution in [2.24, 2.45) is 0 Å². The minimum atomic E-state index is -0.0780. The topological polar surface area (TPSA) is 61.8 Å². The Kier molecular flexibility index (Phi) is 4.80. The number of nitriles is 1. The lowest BCUT2D eigenvalue weighted by Gasteiger charge is -2.16. The first-order valence-corrected chi connectivity index (χ1v) is 7.93. The van der Waals surface area contributed by atoms with E-state index in [1.165, 1.54) is 0 Å². The van der Waals surface area contributed by atoms with E-state index in [1.807, 2.05) is 60.7 Å². The van der Waals surface area contributed by atoms with Crippen LogP contribution in [0.15, 0.2) is 60.7 Å². The number of aliphatic hydroxyl groups is 1. The number of aromatic nitrogens is 2. The Morgan fingerprint density at radius 3 is 2.12 bits per heavy atom. The van der Waals surface area contributed by atoms with Gasteiger partial charge in [0.05, 0.1) is 12.3 Å². The van der Waals surface area contributed by atoms with E-state index >= 15 is 0 Å². The highest BCUT2D eigenvalue weighted by molar-refractivity contribution is 7.71. The largest absolute Gasteiger partial charge is 0.395 e. The molecule has 0 fully saturated rings. The summed E-state index contributed by atoms with van der Waals surface area (Å²) in [6, 6.07) is 21.3. The Morgan fingerprint density at radius 2 is 1.58 bits per heavy atom. The quantitative estimate of drug-likeness (QED) is 0.738. The Bertz CT molecular complexity index is 944. The van der Waals surface area contributed by atoms with Crippen LogP contribution in [-0.2, 0) is 6.54 Å². The van der Waals surface area contributed by atoms with Crippen LogP contribution in [0.25, 0.3) is 22.6 Å². The molecule has 0 amide bonds. The molecule has 3 aromatic rings. The number of hydrogen-bond donors (Lipinski definition) is 1. The second-order valence-corrected chi connectivity index (χ2v) is 5.57. The number of rotatable bonds is 4. The molecule has 2 aromatic carbocycles. The third-order valence-electron chi connectivity index (χ3n) is 3.68. The van der Waals surface area contributed by atoms with Crippen LogP contribution >= 0.6 is 12.2 Å². The van der Waals surface area contributed by atoms with Crippen molar-refractivity contribution in [3.63, 3.8) is 0 Å². The van der Waals surface area contributed by atoms with E-state index in [0.29, 0.717) is 28.3 Å². The molecule has 4 nitrogen and oxygen atoms in total. The van der Waals surface area contributed by atoms with Crippen LogP contribution < -0.4 is 0 Å². The van der Waals surface area contributed by atoms with Gasteiger partial charge in [-0.05, 0) is 0 Å². The first-order valence-electron chi connectivity index (χ1n) is 7.53. The summed E-state index contributed by atoms with van der Waals surface area (Å²) in [5.74, 6) is 0.646. The van der Waals surface area contributed by atoms with Crippen molar-refractivity contribution in [3.05, 3.63) is 70.9 Å². The fourth-order valence-corrected chi connectivity index (χ4v) is 2.90. The van der Waals surface area contributed by atoms with Gasteiger partial charge in [-0.15, -0.1) is 0 Å². The molecule has 5 heteroatoms. The molecule has 0 spiro atoms. The van der Waals surface area contributed by atoms with Crippen molar-refractivity contribution in [2.75, 3.05) is 6.61 Å². The summed E-state index contributed by atoms with van der Waals surface area (Å²) in [7, 11) is 0. The second kappa shape index (κ2) is 7.18. The van der Waals surface area contributed by atoms with Gasteiger partial charge in [0.1, 0.15) is 22.1 Å². The van der Waals surface area contributed by atoms with Crippen molar-refractivity contribution >= 4 is 12.2 Å². The van der Waals surface area contributed by atoms with Gasteiger partial charge in [0.2, 0.25) is 0 Å². The lowest BCUT2D eigenvalue weighted by atomic mass is 10.1. The van der Waals surface area contributed by atoms with Crippen LogP contribution in [-0.4, -0.2) is 21.3 Å². The van der Waals surface area contributed by atoms with Gasteiger partial charge in [-0.25, -0.2) is 4.98 Å². The van der Waals surface area contributed by atoms with Crippen LogP contribution in [0.1, 0.15) is 5.56 Å². The molecule has 1 aromatic heterocycles. The molecule has 0 unspecified atom stereocenters. The average Bonchev–Trinajstić information content (AvgIpc) is 2.64. The monoisotopic (exact) mass is 333 g/mol. The molecule has 3 rings (SSSR count). The molecule has 0 aliphatic heterocycles. The fourth-order valence-electron chi connectivity index (χ4n) is 2.58. The Morgan fingerprint density at radius 1 is 1.00 bits per heavy atom. The Balaban J connectivity index is 2.35. The van der Waals surface area contributed by atoms with Crippen LogP contribution in [0.3, 0.4) is 0 Å². The van der Waals surface area contributed by atoms with Crippen molar-refractivity contribution in [1.82, 2.24) is 9.55 Å². The summed E-state index contributed by atoms with van der Waals surface area (Å²) >= 11 is 5.52. The van der Waals surface area contributed by atoms with Gasteiger partial charge in [-0.2, -0.15) is 5.26 Å². The molecular formula is C19H15N3OS. The second-order valence-electron chi connectivity index (χ2n) is 5.18. The minimum absolute atomic E-state index is 0.0780. The Hall–Kier alpha value is -2.81. The summed E-state index contributed by atoms with van der Waals surface area (Å²) in [6.45, 7) is 0.213. The normalized spacial score (nSPS) is 10.3. The van der Waals surface area contributed by atoms with E-state index in [2.05, 4.69) is 6.07 Å². The number of nitrogens with zero attached hydrogens (tertiary/aromatic N) is 3. The maximum absolute atomic E-state index is 9.58. The zero-order valence-electron chi connectivity index (χ0n) is 12.9. The van der Waals surface area contributed by atoms with Crippen LogP contribution in [0, 0.1) is 16.0 Å². The molecule has 0 saturated heterocycles. The summed E-state index contributed by atoms with van der Waals surface area (Å²) in [6.07, 6.45) is 0. The maximum Gasteiger partial charge on any atom is 0.141 e. The van der Waals surface area contributed by atoms with Gasteiger partial charge in [-0.3, -0.25) is 0 Å². The fraction of sp³-hybridized carbons (Fsp3) is 0.105. The highest BCUT2D eigenvalue weighted by Gasteiger charge is 2.16. The molecule has 0 saturated carbocycles. The van der Waals surface area contributed by atoms with Crippen molar-refractivity contribution < 1.29 is 5.11 Å². The minimum Gasteiger partial charge on any atom is -0.395 e. The number of aliphatic hydroxyl groups excluding tert-OH is 1. The summed E-state index contributed by atoms with van der Waals surface area (Å²) in [4.78, 5) is 4.73. The zero-order chi connectivity index (χ0) is 16.9. The maximum atomic E-state index is 9.58. The average molecular weight is 333 g/mol. The first-order chi connectivity index (χ1) is 11.8. The van der Waals surface area contributed by atoms with Gasteiger partial charge < -0.3 is 9.67 Å². The molecule has 0 radical (unpaired) electrons. The first kappa shape index (κ1) is 16.1. The highest BCUT2D eigenvalue weighted by atomic mass is 32.1. The van der Waals surface area contributed by atoms with Crippen molar-refractivity contribution in [1.29, 1.82) is 5.26 Å². The van der Waals surface area contributed by atoms with Gasteiger partial charge in [0.15, 0.2) is 0 Å². The van der Waals surface area contributed by atoms with E-state index in [9.17, 15) is 10.4 Å². The van der Waals surface area contributed by atoms with E-state index in [-0.39, 0.29) is 6.61 Å². The van der Waals surface area contributed by atoms with Gasteiger partial charge in [-0.1, -0.05) is 72.9 Å². The molecular weight excluding hydrogens is 318 g/mol. The smallest absolute Gasteiger partial charge is 0.141 e. The van der Waals surface area contributed by atoms with E-state index in [0.717, 1.165) is 11.1 Å². The molecule has 0 aliphatic rings. The van der Waals surface area contributed by atoms with E-state index < -0.39 is 0 Å². The standard InChI is InChI=1S/C19H15N3OS/c20-13-16-17(14-7-3-1-4-8-14)21-18(15-9-5-2-6-10-15)22(11-12-23)19(16)24/h1-10,23H,11-12H2. The molecule has 118 valence electrons. The summed E-state index contributed by atoms with van der Waals surface area (Å²) in [5.41, 5.74) is 2.65. The zero-order valence-corrected chi connectivity index (χ0v) is 13.7. The predicted octanol–water partition coefficient (Wildman–Crippen LogP) is 3.81. The lowest BCUT2D eigenvalue weighted by Crippen LogP contribution is -2.12. The van der Waals surface area contributed by atoms with Crippen molar-refractivity contribution in [3.8, 4) is 28.7 Å². The molecule has 1 heterocycles.